The van der Waals surface area contributed by atoms with Crippen molar-refractivity contribution in [3.05, 3.63) is 88.4 Å². The number of ether oxygens (including phenoxy) is 1. The molecule has 0 aliphatic carbocycles. The molecule has 0 spiro atoms. The van der Waals surface area contributed by atoms with Gasteiger partial charge in [0.1, 0.15) is 5.75 Å². The molecule has 3 aliphatic heterocycles. The lowest BCUT2D eigenvalue weighted by atomic mass is 9.91. The number of carbonyl (C=O) groups is 1. The zero-order valence-corrected chi connectivity index (χ0v) is 26.2. The molecular weight excluding hydrogens is 608 g/mol. The molecule has 44 heavy (non-hydrogen) atoms. The molecule has 7 nitrogen and oxygen atoms in total. The molecule has 3 fully saturated rings. The molecule has 3 saturated heterocycles. The van der Waals surface area contributed by atoms with Gasteiger partial charge in [0, 0.05) is 38.3 Å². The molecule has 2 atom stereocenters. The summed E-state index contributed by atoms with van der Waals surface area (Å²) in [6.45, 7) is 1.64. The molecule has 2 unspecified atom stereocenters. The van der Waals surface area contributed by atoms with Gasteiger partial charge >= 0.3 is 0 Å². The molecule has 0 radical (unpaired) electrons. The summed E-state index contributed by atoms with van der Waals surface area (Å²) in [4.78, 5) is 17.3. The summed E-state index contributed by atoms with van der Waals surface area (Å²) < 4.78 is 62.4. The van der Waals surface area contributed by atoms with Gasteiger partial charge < -0.3 is 14.5 Å². The maximum atomic E-state index is 13.9. The van der Waals surface area contributed by atoms with Gasteiger partial charge in [-0.1, -0.05) is 41.9 Å². The first-order valence-electron chi connectivity index (χ1n) is 15.1. The Morgan fingerprint density at radius 2 is 1.59 bits per heavy atom. The third-order valence-electron chi connectivity index (χ3n) is 9.33. The Balaban J connectivity index is 1.16. The second kappa shape index (κ2) is 12.7. The van der Waals surface area contributed by atoms with E-state index in [9.17, 15) is 22.0 Å². The maximum absolute atomic E-state index is 13.9. The number of methoxy groups -OCH3 is 1. The van der Waals surface area contributed by atoms with Crippen LogP contribution in [-0.4, -0.2) is 68.9 Å². The molecule has 0 saturated carbocycles. The number of sulfonamides is 1. The Morgan fingerprint density at radius 1 is 0.932 bits per heavy atom. The first kappa shape index (κ1) is 30.8. The van der Waals surface area contributed by atoms with Crippen LogP contribution in [0.5, 0.6) is 5.75 Å². The number of rotatable bonds is 8. The third-order valence-corrected chi connectivity index (χ3v) is 11.5. The number of amides is 1. The van der Waals surface area contributed by atoms with E-state index in [-0.39, 0.29) is 27.6 Å². The SMILES string of the molecule is COc1ccc(S(=O)(=O)N2CCC(CCc3ccccc3)CC2)cc1N1C2CCC1CN(C(=O)c1cc(F)c(F)cc1Cl)C2. The van der Waals surface area contributed by atoms with Crippen molar-refractivity contribution in [1.29, 1.82) is 0 Å². The third kappa shape index (κ3) is 6.04. The predicted octanol–water partition coefficient (Wildman–Crippen LogP) is 6.15. The van der Waals surface area contributed by atoms with Crippen molar-refractivity contribution in [2.75, 3.05) is 38.2 Å². The molecule has 3 aromatic carbocycles. The zero-order valence-electron chi connectivity index (χ0n) is 24.6. The normalized spacial score (nSPS) is 21.1. The summed E-state index contributed by atoms with van der Waals surface area (Å²) in [5.74, 6) is -1.64. The smallest absolute Gasteiger partial charge is 0.255 e. The minimum Gasteiger partial charge on any atom is -0.495 e. The number of nitrogens with zero attached hydrogens (tertiary/aromatic N) is 3. The Bertz CT molecular complexity index is 1620. The van der Waals surface area contributed by atoms with Crippen LogP contribution in [0.2, 0.25) is 5.02 Å². The van der Waals surface area contributed by atoms with Crippen LogP contribution in [0.1, 0.15) is 48.0 Å². The van der Waals surface area contributed by atoms with E-state index in [0.29, 0.717) is 43.5 Å². The summed E-state index contributed by atoms with van der Waals surface area (Å²) in [7, 11) is -2.16. The number of hydrogen-bond donors (Lipinski definition) is 0. The van der Waals surface area contributed by atoms with Crippen molar-refractivity contribution in [3.8, 4) is 5.75 Å². The van der Waals surface area contributed by atoms with Crippen molar-refractivity contribution in [1.82, 2.24) is 9.21 Å². The second-order valence-corrected chi connectivity index (χ2v) is 14.3. The van der Waals surface area contributed by atoms with E-state index >= 15 is 0 Å². The zero-order chi connectivity index (χ0) is 31.0. The lowest BCUT2D eigenvalue weighted by molar-refractivity contribution is 0.0717. The fraction of sp³-hybridized carbons (Fsp3) is 0.424. The van der Waals surface area contributed by atoms with Crippen LogP contribution < -0.4 is 9.64 Å². The van der Waals surface area contributed by atoms with E-state index in [0.717, 1.165) is 50.7 Å². The number of anilines is 1. The molecule has 1 amide bonds. The highest BCUT2D eigenvalue weighted by Gasteiger charge is 2.43. The summed E-state index contributed by atoms with van der Waals surface area (Å²) in [5, 5.41) is -0.136. The summed E-state index contributed by atoms with van der Waals surface area (Å²) in [6.07, 6.45) is 5.28. The maximum Gasteiger partial charge on any atom is 0.255 e. The van der Waals surface area contributed by atoms with Crippen LogP contribution in [0.15, 0.2) is 65.6 Å². The van der Waals surface area contributed by atoms with Crippen LogP contribution in [0.4, 0.5) is 14.5 Å². The molecule has 6 rings (SSSR count). The van der Waals surface area contributed by atoms with Gasteiger partial charge in [0.2, 0.25) is 10.0 Å². The fourth-order valence-corrected chi connectivity index (χ4v) is 8.68. The van der Waals surface area contributed by atoms with Crippen molar-refractivity contribution >= 4 is 33.2 Å². The largest absolute Gasteiger partial charge is 0.495 e. The number of likely N-dealkylation sites (tertiary alicyclic amines) is 1. The minimum atomic E-state index is -3.72. The fourth-order valence-electron chi connectivity index (χ4n) is 6.95. The Hall–Kier alpha value is -3.21. The lowest BCUT2D eigenvalue weighted by Gasteiger charge is -2.43. The number of halogens is 3. The molecule has 234 valence electrons. The van der Waals surface area contributed by atoms with Gasteiger partial charge in [-0.15, -0.1) is 0 Å². The number of aryl methyl sites for hydroxylation is 1. The van der Waals surface area contributed by atoms with Crippen LogP contribution in [0.25, 0.3) is 0 Å². The van der Waals surface area contributed by atoms with Crippen molar-refractivity contribution < 1.29 is 26.7 Å². The topological polar surface area (TPSA) is 70.2 Å². The summed E-state index contributed by atoms with van der Waals surface area (Å²) in [5.41, 5.74) is 1.91. The molecule has 0 N–H and O–H groups in total. The van der Waals surface area contributed by atoms with Gasteiger partial charge in [0.25, 0.3) is 5.91 Å². The van der Waals surface area contributed by atoms with Crippen molar-refractivity contribution in [2.24, 2.45) is 5.92 Å². The molecule has 3 aliphatic rings. The standard InChI is InChI=1S/C33H36ClF2N3O4S/c1-43-32-12-11-26(44(41,42)38-15-13-23(14-16-38)8-7-22-5-3-2-4-6-22)17-31(32)39-24-9-10-25(39)21-37(20-24)33(40)27-18-29(35)30(36)19-28(27)34/h2-6,11-12,17-19,23-25H,7-10,13-16,20-21H2,1H3. The van der Waals surface area contributed by atoms with Gasteiger partial charge in [0.05, 0.1) is 28.3 Å². The number of carbonyl (C=O) groups excluding carboxylic acids is 1. The number of fused-ring (bicyclic) bond motifs is 2. The van der Waals surface area contributed by atoms with Gasteiger partial charge in [-0.2, -0.15) is 4.31 Å². The van der Waals surface area contributed by atoms with Crippen LogP contribution in [-0.2, 0) is 16.4 Å². The summed E-state index contributed by atoms with van der Waals surface area (Å²) in [6, 6.07) is 16.8. The molecule has 2 bridgehead atoms. The summed E-state index contributed by atoms with van der Waals surface area (Å²) >= 11 is 6.10. The van der Waals surface area contributed by atoms with Gasteiger partial charge in [-0.3, -0.25) is 4.79 Å². The highest BCUT2D eigenvalue weighted by atomic mass is 35.5. The van der Waals surface area contributed by atoms with E-state index in [2.05, 4.69) is 17.0 Å². The number of piperazine rings is 1. The van der Waals surface area contributed by atoms with Crippen molar-refractivity contribution in [3.63, 3.8) is 0 Å². The molecule has 0 aromatic heterocycles. The minimum absolute atomic E-state index is 0.0760. The number of piperidine rings is 1. The van der Waals surface area contributed by atoms with Crippen LogP contribution >= 0.6 is 11.6 Å². The van der Waals surface area contributed by atoms with E-state index in [1.165, 1.54) is 5.56 Å². The van der Waals surface area contributed by atoms with Crippen LogP contribution in [0, 0.1) is 17.6 Å². The Morgan fingerprint density at radius 3 is 2.25 bits per heavy atom. The number of benzene rings is 3. The average Bonchev–Trinajstić information content (AvgIpc) is 3.30. The first-order chi connectivity index (χ1) is 21.2. The van der Waals surface area contributed by atoms with Crippen LogP contribution in [0.3, 0.4) is 0 Å². The second-order valence-electron chi connectivity index (χ2n) is 12.0. The molecular formula is C33H36ClF2N3O4S. The molecule has 11 heteroatoms. The predicted molar refractivity (Wildman–Crippen MR) is 166 cm³/mol. The Kier molecular flexibility index (Phi) is 8.86. The van der Waals surface area contributed by atoms with E-state index in [1.807, 2.05) is 18.2 Å². The first-order valence-corrected chi connectivity index (χ1v) is 16.9. The molecule has 3 aromatic rings. The highest BCUT2D eigenvalue weighted by molar-refractivity contribution is 7.89. The Labute approximate surface area is 262 Å². The van der Waals surface area contributed by atoms with E-state index < -0.39 is 27.6 Å². The quantitative estimate of drug-likeness (QED) is 0.275. The van der Waals surface area contributed by atoms with Crippen molar-refractivity contribution in [2.45, 2.75) is 55.5 Å². The number of hydrogen-bond acceptors (Lipinski definition) is 5. The molecule has 3 heterocycles. The monoisotopic (exact) mass is 643 g/mol. The van der Waals surface area contributed by atoms with Gasteiger partial charge in [-0.25, -0.2) is 17.2 Å². The van der Waals surface area contributed by atoms with E-state index in [4.69, 9.17) is 16.3 Å². The van der Waals surface area contributed by atoms with Gasteiger partial charge in [0.15, 0.2) is 11.6 Å². The van der Waals surface area contributed by atoms with E-state index in [1.54, 1.807) is 34.5 Å². The highest BCUT2D eigenvalue weighted by Crippen LogP contribution is 2.42. The lowest BCUT2D eigenvalue weighted by Crippen LogP contribution is -2.55. The average molecular weight is 644 g/mol. The van der Waals surface area contributed by atoms with Gasteiger partial charge in [-0.05, 0) is 80.3 Å².